The second kappa shape index (κ2) is 11.3. The largest absolute Gasteiger partial charge is 0.496 e. The van der Waals surface area contributed by atoms with E-state index in [1.807, 2.05) is 31.2 Å². The van der Waals surface area contributed by atoms with Gasteiger partial charge in [-0.3, -0.25) is 9.59 Å². The number of aryl methyl sites for hydroxylation is 2. The number of carbonyl (C=O) groups is 1. The van der Waals surface area contributed by atoms with Gasteiger partial charge >= 0.3 is 0 Å². The van der Waals surface area contributed by atoms with Crippen molar-refractivity contribution < 1.29 is 23.4 Å². The minimum absolute atomic E-state index is 0.0161. The van der Waals surface area contributed by atoms with E-state index >= 15 is 0 Å². The third kappa shape index (κ3) is 5.69. The molecule has 1 heterocycles. The Morgan fingerprint density at radius 2 is 1.88 bits per heavy atom. The summed E-state index contributed by atoms with van der Waals surface area (Å²) in [5.74, 6) is -0.381. The molecule has 0 radical (unpaired) electrons. The number of ketones is 1. The SMILES string of the molecule is COCCCn1cc(C(=O)c2cc(F)ccc2OCc2cc(C)ccc2OC)cc(C#N)c1=O. The van der Waals surface area contributed by atoms with Crippen LogP contribution in [-0.4, -0.2) is 31.2 Å². The number of pyridine rings is 1. The van der Waals surface area contributed by atoms with Crippen LogP contribution in [0.25, 0.3) is 0 Å². The van der Waals surface area contributed by atoms with E-state index in [9.17, 15) is 19.2 Å². The summed E-state index contributed by atoms with van der Waals surface area (Å²) < 4.78 is 31.7. The van der Waals surface area contributed by atoms with Gasteiger partial charge in [0.05, 0.1) is 12.7 Å². The number of hydrogen-bond donors (Lipinski definition) is 0. The van der Waals surface area contributed by atoms with Crippen molar-refractivity contribution in [2.24, 2.45) is 0 Å². The van der Waals surface area contributed by atoms with Crippen LogP contribution < -0.4 is 15.0 Å². The molecule has 176 valence electrons. The standard InChI is InChI=1S/C26H25FN2O5/c1-17-5-7-23(33-3)20(11-17)16-34-24-8-6-21(27)13-22(24)25(30)19-12-18(14-28)26(31)29(15-19)9-4-10-32-2/h5-8,11-13,15H,4,9-10,16H2,1-3H3. The smallest absolute Gasteiger partial charge is 0.268 e. The van der Waals surface area contributed by atoms with Crippen LogP contribution in [0.2, 0.25) is 0 Å². The highest BCUT2D eigenvalue weighted by molar-refractivity contribution is 6.10. The van der Waals surface area contributed by atoms with E-state index in [4.69, 9.17) is 14.2 Å². The molecule has 0 bridgehead atoms. The summed E-state index contributed by atoms with van der Waals surface area (Å²) in [4.78, 5) is 25.8. The molecule has 0 aliphatic rings. The van der Waals surface area contributed by atoms with Crippen molar-refractivity contribution in [1.82, 2.24) is 4.57 Å². The molecule has 3 aromatic rings. The molecule has 0 spiro atoms. The van der Waals surface area contributed by atoms with Gasteiger partial charge < -0.3 is 18.8 Å². The van der Waals surface area contributed by atoms with Gasteiger partial charge in [-0.15, -0.1) is 0 Å². The van der Waals surface area contributed by atoms with E-state index in [-0.39, 0.29) is 35.6 Å². The van der Waals surface area contributed by atoms with Gasteiger partial charge in [-0.1, -0.05) is 11.6 Å². The lowest BCUT2D eigenvalue weighted by Gasteiger charge is -2.14. The van der Waals surface area contributed by atoms with Crippen LogP contribution in [0.1, 0.15) is 39.0 Å². The summed E-state index contributed by atoms with van der Waals surface area (Å²) in [6.07, 6.45) is 1.89. The Labute approximate surface area is 196 Å². The first-order valence-electron chi connectivity index (χ1n) is 10.6. The summed E-state index contributed by atoms with van der Waals surface area (Å²) >= 11 is 0. The van der Waals surface area contributed by atoms with Crippen LogP contribution in [0.4, 0.5) is 4.39 Å². The molecular weight excluding hydrogens is 439 g/mol. The minimum atomic E-state index is -0.613. The van der Waals surface area contributed by atoms with E-state index in [0.29, 0.717) is 18.8 Å². The fraction of sp³-hybridized carbons (Fsp3) is 0.269. The van der Waals surface area contributed by atoms with Crippen LogP contribution in [-0.2, 0) is 17.9 Å². The Morgan fingerprint density at radius 1 is 1.12 bits per heavy atom. The average Bonchev–Trinajstić information content (AvgIpc) is 2.84. The Kier molecular flexibility index (Phi) is 8.17. The number of benzene rings is 2. The van der Waals surface area contributed by atoms with Gasteiger partial charge in [0.1, 0.15) is 35.6 Å². The number of aromatic nitrogens is 1. The maximum absolute atomic E-state index is 14.1. The Bertz CT molecular complexity index is 1290. The molecule has 0 aliphatic heterocycles. The van der Waals surface area contributed by atoms with Gasteiger partial charge in [0, 0.05) is 37.6 Å². The van der Waals surface area contributed by atoms with Crippen LogP contribution in [0.15, 0.2) is 53.5 Å². The molecular formula is C26H25FN2O5. The number of halogens is 1. The van der Waals surface area contributed by atoms with Gasteiger partial charge in [-0.05, 0) is 49.7 Å². The maximum atomic E-state index is 14.1. The molecule has 0 aliphatic carbocycles. The van der Waals surface area contributed by atoms with Crippen molar-refractivity contribution in [2.75, 3.05) is 20.8 Å². The van der Waals surface area contributed by atoms with Crippen LogP contribution in [0.3, 0.4) is 0 Å². The van der Waals surface area contributed by atoms with E-state index < -0.39 is 17.2 Å². The zero-order valence-corrected chi connectivity index (χ0v) is 19.3. The third-order valence-corrected chi connectivity index (χ3v) is 5.22. The molecule has 7 nitrogen and oxygen atoms in total. The highest BCUT2D eigenvalue weighted by Crippen LogP contribution is 2.26. The van der Waals surface area contributed by atoms with Gasteiger partial charge in [-0.25, -0.2) is 4.39 Å². The molecule has 1 aromatic heterocycles. The molecule has 0 atom stereocenters. The van der Waals surface area contributed by atoms with Crippen molar-refractivity contribution in [3.05, 3.63) is 92.6 Å². The van der Waals surface area contributed by atoms with Gasteiger partial charge in [-0.2, -0.15) is 5.26 Å². The number of nitriles is 1. The number of carbonyl (C=O) groups excluding carboxylic acids is 1. The second-order valence-corrected chi connectivity index (χ2v) is 7.67. The van der Waals surface area contributed by atoms with Crippen molar-refractivity contribution in [2.45, 2.75) is 26.5 Å². The highest BCUT2D eigenvalue weighted by atomic mass is 19.1. The number of rotatable bonds is 10. The molecule has 0 N–H and O–H groups in total. The first kappa shape index (κ1) is 24.7. The maximum Gasteiger partial charge on any atom is 0.268 e. The molecule has 0 unspecified atom stereocenters. The number of ether oxygens (including phenoxy) is 3. The predicted molar refractivity (Wildman–Crippen MR) is 124 cm³/mol. The summed E-state index contributed by atoms with van der Waals surface area (Å²) in [5.41, 5.74) is 1.16. The summed E-state index contributed by atoms with van der Waals surface area (Å²) in [5, 5.41) is 9.38. The average molecular weight is 464 g/mol. The Morgan fingerprint density at radius 3 is 2.59 bits per heavy atom. The molecule has 3 rings (SSSR count). The van der Waals surface area contributed by atoms with E-state index in [1.165, 1.54) is 29.0 Å². The monoisotopic (exact) mass is 464 g/mol. The van der Waals surface area contributed by atoms with E-state index in [1.54, 1.807) is 14.2 Å². The van der Waals surface area contributed by atoms with E-state index in [0.717, 1.165) is 17.2 Å². The Hall–Kier alpha value is -3.96. The Balaban J connectivity index is 1.96. The molecule has 0 amide bonds. The topological polar surface area (TPSA) is 90.5 Å². The molecule has 0 saturated heterocycles. The van der Waals surface area contributed by atoms with Gasteiger partial charge in [0.2, 0.25) is 0 Å². The lowest BCUT2D eigenvalue weighted by atomic mass is 10.0. The van der Waals surface area contributed by atoms with Crippen molar-refractivity contribution in [3.63, 3.8) is 0 Å². The fourth-order valence-corrected chi connectivity index (χ4v) is 3.52. The first-order chi connectivity index (χ1) is 16.4. The molecule has 0 saturated carbocycles. The molecule has 34 heavy (non-hydrogen) atoms. The van der Waals surface area contributed by atoms with Crippen LogP contribution in [0, 0.1) is 24.1 Å². The van der Waals surface area contributed by atoms with Crippen LogP contribution in [0.5, 0.6) is 11.5 Å². The fourth-order valence-electron chi connectivity index (χ4n) is 3.52. The van der Waals surface area contributed by atoms with Gasteiger partial charge in [0.15, 0.2) is 5.78 Å². The highest BCUT2D eigenvalue weighted by Gasteiger charge is 2.19. The lowest BCUT2D eigenvalue weighted by molar-refractivity contribution is 0.103. The molecule has 2 aromatic carbocycles. The summed E-state index contributed by atoms with van der Waals surface area (Å²) in [7, 11) is 3.09. The number of methoxy groups -OCH3 is 2. The first-order valence-corrected chi connectivity index (χ1v) is 10.6. The van der Waals surface area contributed by atoms with Crippen molar-refractivity contribution in [1.29, 1.82) is 5.26 Å². The number of hydrogen-bond acceptors (Lipinski definition) is 6. The molecule has 0 fully saturated rings. The summed E-state index contributed by atoms with van der Waals surface area (Å²) in [6, 6.07) is 12.3. The second-order valence-electron chi connectivity index (χ2n) is 7.67. The third-order valence-electron chi connectivity index (χ3n) is 5.22. The zero-order chi connectivity index (χ0) is 24.7. The predicted octanol–water partition coefficient (Wildman–Crippen LogP) is 4.02. The quantitative estimate of drug-likeness (QED) is 0.333. The lowest BCUT2D eigenvalue weighted by Crippen LogP contribution is -2.24. The van der Waals surface area contributed by atoms with Crippen molar-refractivity contribution >= 4 is 5.78 Å². The van der Waals surface area contributed by atoms with Crippen molar-refractivity contribution in [3.8, 4) is 17.6 Å². The number of nitrogens with zero attached hydrogens (tertiary/aromatic N) is 2. The zero-order valence-electron chi connectivity index (χ0n) is 19.3. The van der Waals surface area contributed by atoms with Crippen LogP contribution >= 0.6 is 0 Å². The minimum Gasteiger partial charge on any atom is -0.496 e. The molecule has 8 heteroatoms. The van der Waals surface area contributed by atoms with Gasteiger partial charge in [0.25, 0.3) is 5.56 Å². The summed E-state index contributed by atoms with van der Waals surface area (Å²) in [6.45, 7) is 2.71. The normalized spacial score (nSPS) is 10.6. The van der Waals surface area contributed by atoms with E-state index in [2.05, 4.69) is 0 Å².